The molecule has 0 bridgehead atoms. The molecule has 4 rings (SSSR count). The predicted molar refractivity (Wildman–Crippen MR) is 141 cm³/mol. The van der Waals surface area contributed by atoms with E-state index in [9.17, 15) is 19.7 Å². The molecule has 1 saturated heterocycles. The number of hydrogen-bond acceptors (Lipinski definition) is 8. The predicted octanol–water partition coefficient (Wildman–Crippen LogP) is 5.27. The van der Waals surface area contributed by atoms with Gasteiger partial charge in [-0.25, -0.2) is 4.79 Å². The number of nitro groups is 1. The van der Waals surface area contributed by atoms with Crippen LogP contribution in [0.1, 0.15) is 21.5 Å². The summed E-state index contributed by atoms with van der Waals surface area (Å²) in [7, 11) is 1.42. The van der Waals surface area contributed by atoms with Crippen LogP contribution in [0.2, 0.25) is 0 Å². The fraction of sp³-hybridized carbons (Fsp3) is 0.115. The molecule has 3 aromatic carbocycles. The number of non-ortho nitro benzene ring substituents is 1. The molecule has 182 valence electrons. The number of nitro benzene ring substituents is 1. The van der Waals surface area contributed by atoms with Gasteiger partial charge < -0.3 is 9.47 Å². The lowest BCUT2D eigenvalue weighted by Gasteiger charge is -2.14. The normalized spacial score (nSPS) is 14.2. The third-order valence-electron chi connectivity index (χ3n) is 5.32. The number of benzene rings is 3. The number of ether oxygens (including phenoxy) is 2. The van der Waals surface area contributed by atoms with Crippen molar-refractivity contribution in [1.29, 1.82) is 0 Å². The Kier molecular flexibility index (Phi) is 7.77. The molecule has 3 aromatic rings. The number of thiocarbonyl (C=S) groups is 1. The maximum absolute atomic E-state index is 12.9. The lowest BCUT2D eigenvalue weighted by molar-refractivity contribution is -0.384. The highest BCUT2D eigenvalue weighted by atomic mass is 32.2. The average Bonchev–Trinajstić information content (AvgIpc) is 3.15. The number of nitrogens with zero attached hydrogens (tertiary/aromatic N) is 2. The second-order valence-corrected chi connectivity index (χ2v) is 9.35. The van der Waals surface area contributed by atoms with Crippen molar-refractivity contribution in [3.05, 3.63) is 105 Å². The Morgan fingerprint density at radius 1 is 1.08 bits per heavy atom. The van der Waals surface area contributed by atoms with Crippen molar-refractivity contribution in [2.75, 3.05) is 13.7 Å². The lowest BCUT2D eigenvalue weighted by Crippen LogP contribution is -2.30. The Bertz CT molecular complexity index is 1370. The Morgan fingerprint density at radius 3 is 2.58 bits per heavy atom. The van der Waals surface area contributed by atoms with Gasteiger partial charge in [0.1, 0.15) is 4.32 Å². The van der Waals surface area contributed by atoms with Gasteiger partial charge in [-0.2, -0.15) is 0 Å². The van der Waals surface area contributed by atoms with E-state index in [1.165, 1.54) is 43.1 Å². The van der Waals surface area contributed by atoms with Crippen LogP contribution in [0.3, 0.4) is 0 Å². The van der Waals surface area contributed by atoms with Crippen molar-refractivity contribution >= 4 is 51.9 Å². The zero-order valence-electron chi connectivity index (χ0n) is 19.1. The van der Waals surface area contributed by atoms with Crippen LogP contribution < -0.4 is 9.47 Å². The summed E-state index contributed by atoms with van der Waals surface area (Å²) in [6.45, 7) is 0.488. The summed E-state index contributed by atoms with van der Waals surface area (Å²) < 4.78 is 11.3. The second-order valence-electron chi connectivity index (χ2n) is 7.68. The molecule has 1 fully saturated rings. The maximum atomic E-state index is 12.9. The van der Waals surface area contributed by atoms with E-state index in [-0.39, 0.29) is 28.7 Å². The van der Waals surface area contributed by atoms with Crippen LogP contribution in [-0.4, -0.2) is 39.7 Å². The van der Waals surface area contributed by atoms with Crippen LogP contribution in [0.25, 0.3) is 6.08 Å². The van der Waals surface area contributed by atoms with E-state index < -0.39 is 10.9 Å². The van der Waals surface area contributed by atoms with Gasteiger partial charge in [-0.15, -0.1) is 0 Å². The molecular formula is C26H20N2O6S2. The monoisotopic (exact) mass is 520 g/mol. The molecule has 8 nitrogen and oxygen atoms in total. The first-order chi connectivity index (χ1) is 17.4. The first-order valence-electron chi connectivity index (χ1n) is 10.8. The minimum atomic E-state index is -0.760. The molecule has 0 N–H and O–H groups in total. The van der Waals surface area contributed by atoms with Gasteiger partial charge >= 0.3 is 5.97 Å². The molecule has 0 atom stereocenters. The van der Waals surface area contributed by atoms with Crippen LogP contribution in [-0.2, 0) is 11.2 Å². The van der Waals surface area contributed by atoms with Gasteiger partial charge in [0.05, 0.1) is 22.5 Å². The first kappa shape index (κ1) is 25.1. The van der Waals surface area contributed by atoms with E-state index in [0.717, 1.165) is 11.6 Å². The Labute approximate surface area is 216 Å². The summed E-state index contributed by atoms with van der Waals surface area (Å²) in [6.07, 6.45) is 2.40. The fourth-order valence-corrected chi connectivity index (χ4v) is 4.80. The summed E-state index contributed by atoms with van der Waals surface area (Å²) in [6, 6.07) is 20.0. The quantitative estimate of drug-likeness (QED) is 0.0990. The van der Waals surface area contributed by atoms with Gasteiger partial charge in [-0.05, 0) is 41.8 Å². The van der Waals surface area contributed by atoms with E-state index in [1.54, 1.807) is 23.1 Å². The minimum absolute atomic E-state index is 0.0366. The van der Waals surface area contributed by atoms with Gasteiger partial charge in [0, 0.05) is 18.7 Å². The SMILES string of the molecule is COc1cc(/C=C2\SC(=S)N(CCc3ccccc3)C2=O)ccc1OC(=O)c1cccc([N+](=O)[O-])c1. The minimum Gasteiger partial charge on any atom is -0.493 e. The molecule has 0 unspecified atom stereocenters. The van der Waals surface area contributed by atoms with Gasteiger partial charge in [0.15, 0.2) is 11.5 Å². The third-order valence-corrected chi connectivity index (χ3v) is 6.70. The summed E-state index contributed by atoms with van der Waals surface area (Å²) in [5.41, 5.74) is 1.60. The van der Waals surface area contributed by atoms with E-state index in [4.69, 9.17) is 21.7 Å². The average molecular weight is 521 g/mol. The van der Waals surface area contributed by atoms with Crippen LogP contribution in [0, 0.1) is 10.1 Å². The highest BCUT2D eigenvalue weighted by Crippen LogP contribution is 2.35. The van der Waals surface area contributed by atoms with Crippen molar-refractivity contribution in [2.45, 2.75) is 6.42 Å². The molecule has 0 saturated carbocycles. The van der Waals surface area contributed by atoms with Crippen molar-refractivity contribution in [2.24, 2.45) is 0 Å². The van der Waals surface area contributed by atoms with Crippen molar-refractivity contribution < 1.29 is 24.0 Å². The second kappa shape index (κ2) is 11.1. The number of carbonyl (C=O) groups excluding carboxylic acids is 2. The Morgan fingerprint density at radius 2 is 1.86 bits per heavy atom. The summed E-state index contributed by atoms with van der Waals surface area (Å²) in [5.74, 6) is -0.520. The van der Waals surface area contributed by atoms with Crippen LogP contribution in [0.5, 0.6) is 11.5 Å². The van der Waals surface area contributed by atoms with Gasteiger partial charge in [-0.1, -0.05) is 66.4 Å². The van der Waals surface area contributed by atoms with E-state index in [0.29, 0.717) is 27.8 Å². The Hall–Kier alpha value is -4.02. The van der Waals surface area contributed by atoms with Crippen molar-refractivity contribution in [3.63, 3.8) is 0 Å². The number of methoxy groups -OCH3 is 1. The van der Waals surface area contributed by atoms with Gasteiger partial charge in [-0.3, -0.25) is 19.8 Å². The number of rotatable bonds is 8. The third kappa shape index (κ3) is 5.78. The van der Waals surface area contributed by atoms with Crippen LogP contribution in [0.15, 0.2) is 77.7 Å². The molecule has 1 amide bonds. The maximum Gasteiger partial charge on any atom is 0.343 e. The molecule has 0 radical (unpaired) electrons. The van der Waals surface area contributed by atoms with Crippen LogP contribution >= 0.6 is 24.0 Å². The molecule has 10 heteroatoms. The summed E-state index contributed by atoms with van der Waals surface area (Å²) in [4.78, 5) is 37.9. The lowest BCUT2D eigenvalue weighted by atomic mass is 10.1. The number of amides is 1. The molecular weight excluding hydrogens is 500 g/mol. The molecule has 0 aliphatic carbocycles. The standard InChI is InChI=1S/C26H20N2O6S2/c1-33-22-14-18(10-11-21(22)34-25(30)19-8-5-9-20(16-19)28(31)32)15-23-24(29)27(26(35)36-23)13-12-17-6-3-2-4-7-17/h2-11,14-16H,12-13H2,1H3/b23-15-. The topological polar surface area (TPSA) is 99.0 Å². The van der Waals surface area contributed by atoms with E-state index >= 15 is 0 Å². The molecule has 1 heterocycles. The zero-order chi connectivity index (χ0) is 25.7. The number of esters is 1. The van der Waals surface area contributed by atoms with E-state index in [1.807, 2.05) is 30.3 Å². The summed E-state index contributed by atoms with van der Waals surface area (Å²) in [5, 5.41) is 11.0. The molecule has 0 aromatic heterocycles. The molecule has 1 aliphatic rings. The number of hydrogen-bond donors (Lipinski definition) is 0. The summed E-state index contributed by atoms with van der Waals surface area (Å²) >= 11 is 6.65. The smallest absolute Gasteiger partial charge is 0.343 e. The van der Waals surface area contributed by atoms with Crippen LogP contribution in [0.4, 0.5) is 5.69 Å². The highest BCUT2D eigenvalue weighted by molar-refractivity contribution is 8.26. The van der Waals surface area contributed by atoms with Gasteiger partial charge in [0.25, 0.3) is 11.6 Å². The fourth-order valence-electron chi connectivity index (χ4n) is 3.49. The number of carbonyl (C=O) groups is 2. The van der Waals surface area contributed by atoms with Crippen molar-refractivity contribution in [1.82, 2.24) is 4.90 Å². The van der Waals surface area contributed by atoms with E-state index in [2.05, 4.69) is 0 Å². The molecule has 1 aliphatic heterocycles. The highest BCUT2D eigenvalue weighted by Gasteiger charge is 2.31. The molecule has 36 heavy (non-hydrogen) atoms. The Balaban J connectivity index is 1.48. The number of thioether (sulfide) groups is 1. The zero-order valence-corrected chi connectivity index (χ0v) is 20.7. The molecule has 0 spiro atoms. The first-order valence-corrected chi connectivity index (χ1v) is 12.0. The largest absolute Gasteiger partial charge is 0.493 e. The van der Waals surface area contributed by atoms with Gasteiger partial charge in [0.2, 0.25) is 0 Å². The van der Waals surface area contributed by atoms with Crippen molar-refractivity contribution in [3.8, 4) is 11.5 Å².